The number of hydrogen-bond donors (Lipinski definition) is 3. The molecule has 6 nitrogen and oxygen atoms in total. The molecule has 6 heteroatoms. The van der Waals surface area contributed by atoms with Crippen molar-refractivity contribution in [3.63, 3.8) is 0 Å². The van der Waals surface area contributed by atoms with Crippen LogP contribution in [-0.2, 0) is 9.59 Å². The van der Waals surface area contributed by atoms with Gasteiger partial charge in [-0.1, -0.05) is 6.42 Å². The minimum Gasteiger partial charge on any atom is -0.479 e. The van der Waals surface area contributed by atoms with Crippen molar-refractivity contribution < 1.29 is 14.3 Å². The minimum absolute atomic E-state index is 0.0589. The highest BCUT2D eigenvalue weighted by atomic mass is 16.5. The second-order valence-corrected chi connectivity index (χ2v) is 5.65. The molecule has 0 bridgehead atoms. The highest BCUT2D eigenvalue weighted by Crippen LogP contribution is 2.33. The molecular weight excluding hydrogens is 270 g/mol. The first kappa shape index (κ1) is 13.9. The third-order valence-corrected chi connectivity index (χ3v) is 4.08. The maximum absolute atomic E-state index is 12.2. The monoisotopic (exact) mass is 289 g/mol. The average molecular weight is 289 g/mol. The Bertz CT molecular complexity index is 588. The topological polar surface area (TPSA) is 93.4 Å². The van der Waals surface area contributed by atoms with E-state index in [0.717, 1.165) is 19.3 Å². The van der Waals surface area contributed by atoms with Crippen LogP contribution in [0.1, 0.15) is 26.2 Å². The Kier molecular flexibility index (Phi) is 3.55. The van der Waals surface area contributed by atoms with Gasteiger partial charge in [-0.25, -0.2) is 0 Å². The van der Waals surface area contributed by atoms with Crippen molar-refractivity contribution >= 4 is 23.2 Å². The summed E-state index contributed by atoms with van der Waals surface area (Å²) in [6.45, 7) is 1.69. The second kappa shape index (κ2) is 5.37. The summed E-state index contributed by atoms with van der Waals surface area (Å²) in [4.78, 5) is 23.8. The Labute approximate surface area is 123 Å². The number of fused-ring (bicyclic) bond motifs is 1. The third-order valence-electron chi connectivity index (χ3n) is 4.08. The van der Waals surface area contributed by atoms with Gasteiger partial charge < -0.3 is 21.1 Å². The van der Waals surface area contributed by atoms with E-state index >= 15 is 0 Å². The van der Waals surface area contributed by atoms with Gasteiger partial charge in [0.15, 0.2) is 6.10 Å². The highest BCUT2D eigenvalue weighted by Gasteiger charge is 2.30. The van der Waals surface area contributed by atoms with E-state index in [-0.39, 0.29) is 23.8 Å². The Morgan fingerprint density at radius 1 is 1.43 bits per heavy atom. The quantitative estimate of drug-likeness (QED) is 0.768. The first-order valence-corrected chi connectivity index (χ1v) is 7.22. The molecular formula is C15H19N3O3. The zero-order valence-electron chi connectivity index (χ0n) is 11.9. The van der Waals surface area contributed by atoms with E-state index in [4.69, 9.17) is 10.5 Å². The van der Waals surface area contributed by atoms with E-state index < -0.39 is 6.10 Å². The van der Waals surface area contributed by atoms with Crippen molar-refractivity contribution in [2.24, 2.45) is 11.7 Å². The molecule has 1 aromatic carbocycles. The molecule has 1 heterocycles. The van der Waals surface area contributed by atoms with Crippen LogP contribution in [0, 0.1) is 5.92 Å². The molecule has 0 saturated heterocycles. The fourth-order valence-electron chi connectivity index (χ4n) is 2.84. The second-order valence-electron chi connectivity index (χ2n) is 5.65. The summed E-state index contributed by atoms with van der Waals surface area (Å²) in [6.07, 6.45) is 2.21. The van der Waals surface area contributed by atoms with Crippen molar-refractivity contribution in [3.8, 4) is 5.75 Å². The van der Waals surface area contributed by atoms with Gasteiger partial charge in [0.05, 0.1) is 11.6 Å². The summed E-state index contributed by atoms with van der Waals surface area (Å²) >= 11 is 0. The average Bonchev–Trinajstić information content (AvgIpc) is 2.87. The lowest BCUT2D eigenvalue weighted by atomic mass is 10.0. The Morgan fingerprint density at radius 3 is 2.95 bits per heavy atom. The van der Waals surface area contributed by atoms with Crippen molar-refractivity contribution in [3.05, 3.63) is 18.2 Å². The smallest absolute Gasteiger partial charge is 0.265 e. The lowest BCUT2D eigenvalue weighted by Crippen LogP contribution is -2.35. The lowest BCUT2D eigenvalue weighted by molar-refractivity contribution is -0.122. The van der Waals surface area contributed by atoms with E-state index in [1.807, 2.05) is 0 Å². The maximum atomic E-state index is 12.2. The molecule has 1 fully saturated rings. The van der Waals surface area contributed by atoms with E-state index in [2.05, 4.69) is 10.6 Å². The Hall–Kier alpha value is -2.08. The molecule has 4 N–H and O–H groups in total. The molecule has 1 saturated carbocycles. The molecule has 1 aliphatic carbocycles. The Balaban J connectivity index is 1.74. The van der Waals surface area contributed by atoms with E-state index in [0.29, 0.717) is 17.1 Å². The fraction of sp³-hybridized carbons (Fsp3) is 0.467. The summed E-state index contributed by atoms with van der Waals surface area (Å²) < 4.78 is 5.48. The molecule has 2 aliphatic rings. The zero-order chi connectivity index (χ0) is 15.0. The van der Waals surface area contributed by atoms with Crippen LogP contribution in [0.4, 0.5) is 11.4 Å². The van der Waals surface area contributed by atoms with Gasteiger partial charge in [0.25, 0.3) is 5.91 Å². The Morgan fingerprint density at radius 2 is 2.24 bits per heavy atom. The summed E-state index contributed by atoms with van der Waals surface area (Å²) in [5.41, 5.74) is 7.15. The molecule has 1 aromatic rings. The van der Waals surface area contributed by atoms with Gasteiger partial charge in [-0.15, -0.1) is 0 Å². The van der Waals surface area contributed by atoms with Crippen LogP contribution in [0.3, 0.4) is 0 Å². The van der Waals surface area contributed by atoms with Crippen LogP contribution >= 0.6 is 0 Å². The summed E-state index contributed by atoms with van der Waals surface area (Å²) in [7, 11) is 0. The van der Waals surface area contributed by atoms with Gasteiger partial charge in [-0.2, -0.15) is 0 Å². The number of ether oxygens (including phenoxy) is 1. The van der Waals surface area contributed by atoms with Gasteiger partial charge in [-0.05, 0) is 38.0 Å². The zero-order valence-corrected chi connectivity index (χ0v) is 11.9. The van der Waals surface area contributed by atoms with Crippen LogP contribution in [0.15, 0.2) is 18.2 Å². The van der Waals surface area contributed by atoms with Gasteiger partial charge in [-0.3, -0.25) is 9.59 Å². The van der Waals surface area contributed by atoms with Gasteiger partial charge in [0.2, 0.25) is 5.91 Å². The van der Waals surface area contributed by atoms with Crippen LogP contribution in [0.5, 0.6) is 5.75 Å². The van der Waals surface area contributed by atoms with Gasteiger partial charge >= 0.3 is 0 Å². The largest absolute Gasteiger partial charge is 0.479 e. The van der Waals surface area contributed by atoms with Crippen LogP contribution in [0.25, 0.3) is 0 Å². The molecule has 112 valence electrons. The van der Waals surface area contributed by atoms with Crippen molar-refractivity contribution in [1.82, 2.24) is 0 Å². The number of nitrogens with one attached hydrogen (secondary N) is 2. The van der Waals surface area contributed by atoms with Gasteiger partial charge in [0.1, 0.15) is 5.75 Å². The first-order valence-electron chi connectivity index (χ1n) is 7.22. The number of carbonyl (C=O) groups excluding carboxylic acids is 2. The molecule has 0 radical (unpaired) electrons. The molecule has 0 aromatic heterocycles. The summed E-state index contributed by atoms with van der Waals surface area (Å²) in [5.74, 6) is 0.227. The maximum Gasteiger partial charge on any atom is 0.265 e. The summed E-state index contributed by atoms with van der Waals surface area (Å²) in [5, 5.41) is 5.63. The number of rotatable bonds is 2. The molecule has 21 heavy (non-hydrogen) atoms. The molecule has 2 amide bonds. The molecule has 1 aliphatic heterocycles. The van der Waals surface area contributed by atoms with Crippen molar-refractivity contribution in [2.45, 2.75) is 38.3 Å². The van der Waals surface area contributed by atoms with Crippen molar-refractivity contribution in [2.75, 3.05) is 10.6 Å². The number of anilines is 2. The van der Waals surface area contributed by atoms with E-state index in [1.165, 1.54) is 0 Å². The summed E-state index contributed by atoms with van der Waals surface area (Å²) in [6, 6.07) is 5.15. The van der Waals surface area contributed by atoms with Crippen LogP contribution < -0.4 is 21.1 Å². The highest BCUT2D eigenvalue weighted by molar-refractivity contribution is 5.99. The number of benzene rings is 1. The van der Waals surface area contributed by atoms with Gasteiger partial charge in [0, 0.05) is 11.7 Å². The fourth-order valence-corrected chi connectivity index (χ4v) is 2.84. The predicted octanol–water partition coefficient (Wildman–Crippen LogP) is 1.47. The third kappa shape index (κ3) is 2.71. The van der Waals surface area contributed by atoms with Crippen molar-refractivity contribution in [1.29, 1.82) is 0 Å². The van der Waals surface area contributed by atoms with Crippen LogP contribution in [0.2, 0.25) is 0 Å². The van der Waals surface area contributed by atoms with Crippen LogP contribution in [-0.4, -0.2) is 24.0 Å². The normalized spacial score (nSPS) is 27.5. The minimum atomic E-state index is -0.505. The predicted molar refractivity (Wildman–Crippen MR) is 79.1 cm³/mol. The molecule has 3 rings (SSSR count). The molecule has 3 atom stereocenters. The van der Waals surface area contributed by atoms with E-state index in [9.17, 15) is 9.59 Å². The number of hydrogen-bond acceptors (Lipinski definition) is 4. The first-order chi connectivity index (χ1) is 10.0. The standard InChI is InChI=1S/C15H19N3O3/c1-8-14(19)18-12-7-9(5-6-13(12)21-8)17-15(20)10-3-2-4-11(10)16/h5-8,10-11H,2-4,16H2,1H3,(H,17,20)(H,18,19). The number of nitrogens with two attached hydrogens (primary N) is 1. The molecule has 3 unspecified atom stereocenters. The molecule has 0 spiro atoms. The SMILES string of the molecule is CC1Oc2ccc(NC(=O)C3CCCC3N)cc2NC1=O. The lowest BCUT2D eigenvalue weighted by Gasteiger charge is -2.24. The number of amides is 2. The van der Waals surface area contributed by atoms with E-state index in [1.54, 1.807) is 25.1 Å². The number of carbonyl (C=O) groups is 2.